The molecule has 8 nitrogen and oxygen atoms in total. The minimum atomic E-state index is -0.922. The van der Waals surface area contributed by atoms with Gasteiger partial charge in [-0.2, -0.15) is 4.98 Å². The Labute approximate surface area is 161 Å². The summed E-state index contributed by atoms with van der Waals surface area (Å²) < 4.78 is 5.17. The standard InChI is InChI=1S/C19H32N4O4/c1-8-9-14(11-10-12(2)3)17(24)23(26)18(25)21-15(19(5,6)7)16-20-13(4)22-27-16/h8,12,14-15,26H,1,9-11H2,2-7H3,(H,21,25)/t14-,15-/m1/s1. The lowest BCUT2D eigenvalue weighted by Gasteiger charge is -2.30. The molecule has 0 aliphatic carbocycles. The van der Waals surface area contributed by atoms with Crippen molar-refractivity contribution < 1.29 is 19.3 Å². The summed E-state index contributed by atoms with van der Waals surface area (Å²) in [5.74, 6) is -0.0827. The Morgan fingerprint density at radius 2 is 1.96 bits per heavy atom. The number of carbonyl (C=O) groups is 2. The largest absolute Gasteiger partial charge is 0.349 e. The number of imide groups is 1. The van der Waals surface area contributed by atoms with Crippen molar-refractivity contribution >= 4 is 11.9 Å². The number of carbonyl (C=O) groups excluding carboxylic acids is 2. The van der Waals surface area contributed by atoms with Crippen LogP contribution in [0.4, 0.5) is 4.79 Å². The topological polar surface area (TPSA) is 109 Å². The molecule has 0 aliphatic rings. The van der Waals surface area contributed by atoms with Crippen LogP contribution >= 0.6 is 0 Å². The van der Waals surface area contributed by atoms with Crippen molar-refractivity contribution in [3.8, 4) is 0 Å². The number of hydrogen-bond donors (Lipinski definition) is 2. The Hall–Kier alpha value is -2.22. The lowest BCUT2D eigenvalue weighted by molar-refractivity contribution is -0.158. The van der Waals surface area contributed by atoms with Gasteiger partial charge in [-0.3, -0.25) is 10.0 Å². The van der Waals surface area contributed by atoms with Crippen molar-refractivity contribution in [2.75, 3.05) is 0 Å². The molecule has 0 saturated heterocycles. The molecule has 3 amide bonds. The van der Waals surface area contributed by atoms with E-state index in [0.717, 1.165) is 6.42 Å². The Kier molecular flexibility index (Phi) is 8.15. The van der Waals surface area contributed by atoms with Gasteiger partial charge in [-0.25, -0.2) is 4.79 Å². The zero-order chi connectivity index (χ0) is 20.8. The van der Waals surface area contributed by atoms with Crippen LogP contribution in [0, 0.1) is 24.2 Å². The van der Waals surface area contributed by atoms with E-state index in [1.165, 1.54) is 0 Å². The van der Waals surface area contributed by atoms with Gasteiger partial charge in [-0.15, -0.1) is 11.6 Å². The molecular weight excluding hydrogens is 348 g/mol. The predicted molar refractivity (Wildman–Crippen MR) is 101 cm³/mol. The first-order valence-corrected chi connectivity index (χ1v) is 9.21. The number of rotatable bonds is 8. The second-order valence-electron chi connectivity index (χ2n) is 8.27. The van der Waals surface area contributed by atoms with E-state index < -0.39 is 29.3 Å². The van der Waals surface area contributed by atoms with Gasteiger partial charge in [0.15, 0.2) is 5.82 Å². The van der Waals surface area contributed by atoms with Crippen molar-refractivity contribution in [1.29, 1.82) is 0 Å². The Bertz CT molecular complexity index is 648. The number of aryl methyl sites for hydroxylation is 1. The van der Waals surface area contributed by atoms with Gasteiger partial charge in [0, 0.05) is 5.92 Å². The van der Waals surface area contributed by atoms with Gasteiger partial charge in [0.2, 0.25) is 5.89 Å². The van der Waals surface area contributed by atoms with E-state index in [-0.39, 0.29) is 11.0 Å². The maximum atomic E-state index is 12.6. The first-order chi connectivity index (χ1) is 12.5. The maximum absolute atomic E-state index is 12.6. The third-order valence-corrected chi connectivity index (χ3v) is 4.22. The second-order valence-corrected chi connectivity index (χ2v) is 8.27. The molecule has 1 heterocycles. The number of nitrogens with zero attached hydrogens (tertiary/aromatic N) is 3. The average molecular weight is 380 g/mol. The normalized spacial score (nSPS) is 13.9. The first-order valence-electron chi connectivity index (χ1n) is 9.21. The fraction of sp³-hybridized carbons (Fsp3) is 0.684. The van der Waals surface area contributed by atoms with E-state index in [4.69, 9.17) is 4.52 Å². The van der Waals surface area contributed by atoms with E-state index in [1.807, 2.05) is 20.8 Å². The molecule has 1 rings (SSSR count). The smallest absolute Gasteiger partial charge is 0.337 e. The van der Waals surface area contributed by atoms with Crippen LogP contribution in [-0.2, 0) is 4.79 Å². The van der Waals surface area contributed by atoms with E-state index in [0.29, 0.717) is 24.6 Å². The number of allylic oxidation sites excluding steroid dienone is 1. The highest BCUT2D eigenvalue weighted by atomic mass is 16.5. The summed E-state index contributed by atoms with van der Waals surface area (Å²) in [5, 5.41) is 16.7. The van der Waals surface area contributed by atoms with Crippen LogP contribution in [0.5, 0.6) is 0 Å². The Morgan fingerprint density at radius 1 is 1.33 bits per heavy atom. The average Bonchev–Trinajstić information content (AvgIpc) is 2.99. The summed E-state index contributed by atoms with van der Waals surface area (Å²) in [6.45, 7) is 15.1. The zero-order valence-electron chi connectivity index (χ0n) is 17.2. The van der Waals surface area contributed by atoms with Crippen LogP contribution in [0.15, 0.2) is 17.2 Å². The molecule has 152 valence electrons. The quantitative estimate of drug-likeness (QED) is 0.400. The third-order valence-electron chi connectivity index (χ3n) is 4.22. The van der Waals surface area contributed by atoms with Gasteiger partial charge in [-0.1, -0.05) is 52.3 Å². The number of hydrogen-bond acceptors (Lipinski definition) is 6. The monoisotopic (exact) mass is 380 g/mol. The van der Waals surface area contributed by atoms with Crippen LogP contribution in [-0.4, -0.2) is 32.3 Å². The van der Waals surface area contributed by atoms with Crippen molar-refractivity contribution in [3.63, 3.8) is 0 Å². The van der Waals surface area contributed by atoms with Crippen LogP contribution in [0.3, 0.4) is 0 Å². The molecule has 0 aliphatic heterocycles. The molecule has 2 N–H and O–H groups in total. The summed E-state index contributed by atoms with van der Waals surface area (Å²) in [6, 6.07) is -1.59. The Balaban J connectivity index is 2.90. The molecule has 8 heteroatoms. The molecule has 0 fully saturated rings. The summed E-state index contributed by atoms with van der Waals surface area (Å²) in [5.41, 5.74) is -0.476. The lowest BCUT2D eigenvalue weighted by atomic mass is 9.86. The van der Waals surface area contributed by atoms with Crippen LogP contribution in [0.25, 0.3) is 0 Å². The highest BCUT2D eigenvalue weighted by Gasteiger charge is 2.36. The van der Waals surface area contributed by atoms with Gasteiger partial charge in [-0.05, 0) is 31.1 Å². The summed E-state index contributed by atoms with van der Waals surface area (Å²) in [7, 11) is 0. The molecule has 0 bridgehead atoms. The second kappa shape index (κ2) is 9.64. The number of nitrogens with one attached hydrogen (secondary N) is 1. The highest BCUT2D eigenvalue weighted by molar-refractivity contribution is 5.94. The first kappa shape index (κ1) is 22.8. The molecule has 1 aromatic heterocycles. The molecular formula is C19H32N4O4. The molecule has 0 saturated carbocycles. The number of amides is 3. The van der Waals surface area contributed by atoms with Gasteiger partial charge < -0.3 is 9.84 Å². The molecule has 1 aromatic rings. The summed E-state index contributed by atoms with van der Waals surface area (Å²) >= 11 is 0. The number of hydroxylamine groups is 2. The molecule has 0 unspecified atom stereocenters. The van der Waals surface area contributed by atoms with Crippen molar-refractivity contribution in [2.24, 2.45) is 17.3 Å². The van der Waals surface area contributed by atoms with Gasteiger partial charge in [0.05, 0.1) is 0 Å². The van der Waals surface area contributed by atoms with Crippen molar-refractivity contribution in [2.45, 2.75) is 66.8 Å². The molecule has 0 spiro atoms. The van der Waals surface area contributed by atoms with E-state index >= 15 is 0 Å². The SMILES string of the molecule is C=CC[C@H](CCC(C)C)C(=O)N(O)C(=O)N[C@H](c1nc(C)no1)C(C)(C)C. The van der Waals surface area contributed by atoms with E-state index in [2.05, 4.69) is 35.9 Å². The zero-order valence-corrected chi connectivity index (χ0v) is 17.2. The summed E-state index contributed by atoms with van der Waals surface area (Å²) in [4.78, 5) is 29.2. The van der Waals surface area contributed by atoms with Gasteiger partial charge in [0.25, 0.3) is 5.91 Å². The van der Waals surface area contributed by atoms with Crippen LogP contribution in [0.1, 0.15) is 71.6 Å². The highest BCUT2D eigenvalue weighted by Crippen LogP contribution is 2.32. The third kappa shape index (κ3) is 6.78. The number of aromatic nitrogens is 2. The van der Waals surface area contributed by atoms with Crippen molar-refractivity contribution in [1.82, 2.24) is 20.5 Å². The Morgan fingerprint density at radius 3 is 2.41 bits per heavy atom. The van der Waals surface area contributed by atoms with E-state index in [9.17, 15) is 14.8 Å². The van der Waals surface area contributed by atoms with Crippen molar-refractivity contribution in [3.05, 3.63) is 24.4 Å². The predicted octanol–water partition coefficient (Wildman–Crippen LogP) is 4.02. The minimum Gasteiger partial charge on any atom is -0.337 e. The molecule has 0 radical (unpaired) electrons. The van der Waals surface area contributed by atoms with Crippen LogP contribution in [0.2, 0.25) is 0 Å². The molecule has 27 heavy (non-hydrogen) atoms. The minimum absolute atomic E-state index is 0.149. The fourth-order valence-electron chi connectivity index (χ4n) is 2.61. The lowest BCUT2D eigenvalue weighted by Crippen LogP contribution is -2.47. The molecule has 2 atom stereocenters. The maximum Gasteiger partial charge on any atom is 0.349 e. The molecule has 0 aromatic carbocycles. The van der Waals surface area contributed by atoms with Gasteiger partial charge in [0.1, 0.15) is 6.04 Å². The van der Waals surface area contributed by atoms with Crippen LogP contribution < -0.4 is 5.32 Å². The fourth-order valence-corrected chi connectivity index (χ4v) is 2.61. The van der Waals surface area contributed by atoms with Gasteiger partial charge >= 0.3 is 6.03 Å². The van der Waals surface area contributed by atoms with E-state index in [1.54, 1.807) is 13.0 Å². The number of urea groups is 1. The summed E-state index contributed by atoms with van der Waals surface area (Å²) in [6.07, 6.45) is 3.39.